The maximum absolute atomic E-state index is 11.3. The van der Waals surface area contributed by atoms with E-state index in [1.165, 1.54) is 13.5 Å². The largest absolute Gasteiger partial charge is 0.375 e. The second-order valence-corrected chi connectivity index (χ2v) is 4.94. The van der Waals surface area contributed by atoms with Gasteiger partial charge in [-0.3, -0.25) is 9.69 Å². The van der Waals surface area contributed by atoms with Crippen LogP contribution in [0.1, 0.15) is 12.8 Å². The van der Waals surface area contributed by atoms with Crippen LogP contribution in [0.4, 0.5) is 0 Å². The lowest BCUT2D eigenvalue weighted by Gasteiger charge is -2.48. The van der Waals surface area contributed by atoms with Gasteiger partial charge in [0.15, 0.2) is 0 Å². The molecule has 4 heteroatoms. The van der Waals surface area contributed by atoms with Crippen LogP contribution in [0.3, 0.4) is 0 Å². The molecule has 3 heterocycles. The third-order valence-electron chi connectivity index (χ3n) is 3.90. The summed E-state index contributed by atoms with van der Waals surface area (Å²) in [6, 6.07) is 0.458. The molecular formula is C13H20N2O2. The van der Waals surface area contributed by atoms with Gasteiger partial charge in [-0.1, -0.05) is 0 Å². The van der Waals surface area contributed by atoms with Crippen molar-refractivity contribution in [1.29, 1.82) is 0 Å². The van der Waals surface area contributed by atoms with Crippen molar-refractivity contribution in [3.05, 3.63) is 0 Å². The second-order valence-electron chi connectivity index (χ2n) is 4.94. The van der Waals surface area contributed by atoms with Crippen molar-refractivity contribution in [2.24, 2.45) is 11.8 Å². The Bertz CT molecular complexity index is 324. The lowest BCUT2D eigenvalue weighted by atomic mass is 9.76. The van der Waals surface area contributed by atoms with Gasteiger partial charge in [0.25, 0.3) is 0 Å². The van der Waals surface area contributed by atoms with E-state index in [-0.39, 0.29) is 12.5 Å². The molecule has 3 rings (SSSR count). The monoisotopic (exact) mass is 236 g/mol. The standard InChI is InChI=1S/C13H20N2O2/c1-3-10-8-15-5-4-11(10)6-12(15)7-14-13(16)9-17-2/h1,10-12H,4-9H2,2H3,(H,14,16)/t10-,11-,12+/m0/s1. The van der Waals surface area contributed by atoms with Crippen LogP contribution < -0.4 is 5.32 Å². The fraction of sp³-hybridized carbons (Fsp3) is 0.769. The Balaban J connectivity index is 1.81. The number of carbonyl (C=O) groups is 1. The average Bonchev–Trinajstić information content (AvgIpc) is 2.37. The zero-order valence-corrected chi connectivity index (χ0v) is 10.3. The summed E-state index contributed by atoms with van der Waals surface area (Å²) in [7, 11) is 1.53. The number of carbonyl (C=O) groups excluding carboxylic acids is 1. The number of rotatable bonds is 4. The van der Waals surface area contributed by atoms with Crippen LogP contribution >= 0.6 is 0 Å². The molecule has 0 aliphatic carbocycles. The highest BCUT2D eigenvalue weighted by atomic mass is 16.5. The van der Waals surface area contributed by atoms with Gasteiger partial charge >= 0.3 is 0 Å². The van der Waals surface area contributed by atoms with E-state index < -0.39 is 0 Å². The Morgan fingerprint density at radius 3 is 3.06 bits per heavy atom. The average molecular weight is 236 g/mol. The summed E-state index contributed by atoms with van der Waals surface area (Å²) >= 11 is 0. The summed E-state index contributed by atoms with van der Waals surface area (Å²) in [6.07, 6.45) is 7.85. The van der Waals surface area contributed by atoms with Gasteiger partial charge in [0.2, 0.25) is 5.91 Å². The minimum absolute atomic E-state index is 0.0383. The van der Waals surface area contributed by atoms with Gasteiger partial charge in [-0.15, -0.1) is 12.3 Å². The maximum Gasteiger partial charge on any atom is 0.246 e. The minimum Gasteiger partial charge on any atom is -0.375 e. The molecule has 0 spiro atoms. The smallest absolute Gasteiger partial charge is 0.246 e. The lowest BCUT2D eigenvalue weighted by Crippen LogP contribution is -2.56. The van der Waals surface area contributed by atoms with Crippen LogP contribution in [0.2, 0.25) is 0 Å². The van der Waals surface area contributed by atoms with Crippen molar-refractivity contribution in [2.75, 3.05) is 33.4 Å². The van der Waals surface area contributed by atoms with Gasteiger partial charge in [-0.05, 0) is 25.3 Å². The van der Waals surface area contributed by atoms with Crippen molar-refractivity contribution >= 4 is 5.91 Å². The van der Waals surface area contributed by atoms with Crippen LogP contribution in [0.15, 0.2) is 0 Å². The molecule has 1 unspecified atom stereocenters. The summed E-state index contributed by atoms with van der Waals surface area (Å²) in [5, 5.41) is 2.91. The van der Waals surface area contributed by atoms with Crippen molar-refractivity contribution in [2.45, 2.75) is 18.9 Å². The quantitative estimate of drug-likeness (QED) is 0.704. The summed E-state index contributed by atoms with van der Waals surface area (Å²) in [6.45, 7) is 2.97. The SMILES string of the molecule is C#C[C@H]1CN2CC[C@H]1C[C@@H]2CNC(=O)COC. The molecule has 3 aliphatic heterocycles. The number of amides is 1. The van der Waals surface area contributed by atoms with E-state index in [9.17, 15) is 4.79 Å². The summed E-state index contributed by atoms with van der Waals surface area (Å²) < 4.78 is 4.79. The number of terminal acetylenes is 1. The van der Waals surface area contributed by atoms with Crippen LogP contribution in [0.5, 0.6) is 0 Å². The van der Waals surface area contributed by atoms with Crippen LogP contribution in [-0.2, 0) is 9.53 Å². The zero-order chi connectivity index (χ0) is 12.3. The first-order valence-corrected chi connectivity index (χ1v) is 6.20. The number of hydrogen-bond acceptors (Lipinski definition) is 3. The van der Waals surface area contributed by atoms with Gasteiger partial charge in [-0.25, -0.2) is 0 Å². The summed E-state index contributed by atoms with van der Waals surface area (Å²) in [5.41, 5.74) is 0. The number of piperidine rings is 3. The van der Waals surface area contributed by atoms with E-state index >= 15 is 0 Å². The first-order chi connectivity index (χ1) is 8.24. The van der Waals surface area contributed by atoms with E-state index in [0.717, 1.165) is 26.1 Å². The second kappa shape index (κ2) is 5.52. The molecule has 0 saturated carbocycles. The molecule has 0 radical (unpaired) electrons. The van der Waals surface area contributed by atoms with E-state index in [2.05, 4.69) is 16.1 Å². The normalized spacial score (nSPS) is 35.3. The Morgan fingerprint density at radius 1 is 1.65 bits per heavy atom. The molecule has 4 nitrogen and oxygen atoms in total. The third kappa shape index (κ3) is 2.80. The number of nitrogens with one attached hydrogen (secondary N) is 1. The first kappa shape index (κ1) is 12.4. The highest BCUT2D eigenvalue weighted by Crippen LogP contribution is 2.35. The minimum atomic E-state index is -0.0383. The first-order valence-electron chi connectivity index (χ1n) is 6.20. The Kier molecular flexibility index (Phi) is 4.03. The van der Waals surface area contributed by atoms with E-state index in [1.807, 2.05) is 0 Å². The Morgan fingerprint density at radius 2 is 2.47 bits per heavy atom. The third-order valence-corrected chi connectivity index (χ3v) is 3.90. The predicted molar refractivity (Wildman–Crippen MR) is 65.3 cm³/mol. The highest BCUT2D eigenvalue weighted by Gasteiger charge is 2.39. The fourth-order valence-corrected chi connectivity index (χ4v) is 2.95. The fourth-order valence-electron chi connectivity index (χ4n) is 2.95. The predicted octanol–water partition coefficient (Wildman–Crippen LogP) is 0.0926. The maximum atomic E-state index is 11.3. The van der Waals surface area contributed by atoms with Crippen molar-refractivity contribution in [3.8, 4) is 12.3 Å². The molecule has 17 heavy (non-hydrogen) atoms. The van der Waals surface area contributed by atoms with Crippen LogP contribution in [-0.4, -0.2) is 50.2 Å². The van der Waals surface area contributed by atoms with Gasteiger partial charge in [-0.2, -0.15) is 0 Å². The molecule has 3 fully saturated rings. The number of nitrogens with zero attached hydrogens (tertiary/aromatic N) is 1. The van der Waals surface area contributed by atoms with Gasteiger partial charge in [0.05, 0.1) is 0 Å². The molecular weight excluding hydrogens is 216 g/mol. The molecule has 3 aliphatic rings. The topological polar surface area (TPSA) is 41.6 Å². The number of methoxy groups -OCH3 is 1. The molecule has 0 aromatic carbocycles. The van der Waals surface area contributed by atoms with E-state index in [0.29, 0.717) is 17.9 Å². The summed E-state index contributed by atoms with van der Waals surface area (Å²) in [5.74, 6) is 3.91. The Hall–Kier alpha value is -1.05. The molecule has 0 aromatic rings. The van der Waals surface area contributed by atoms with Gasteiger partial charge < -0.3 is 10.1 Å². The van der Waals surface area contributed by atoms with Crippen LogP contribution in [0, 0.1) is 24.2 Å². The van der Waals surface area contributed by atoms with Gasteiger partial charge in [0.1, 0.15) is 6.61 Å². The van der Waals surface area contributed by atoms with E-state index in [4.69, 9.17) is 11.2 Å². The van der Waals surface area contributed by atoms with Crippen molar-refractivity contribution in [1.82, 2.24) is 10.2 Å². The molecule has 2 bridgehead atoms. The number of ether oxygens (including phenoxy) is 1. The molecule has 3 saturated heterocycles. The Labute approximate surface area is 103 Å². The molecule has 94 valence electrons. The van der Waals surface area contributed by atoms with Gasteiger partial charge in [0, 0.05) is 32.2 Å². The van der Waals surface area contributed by atoms with E-state index in [1.54, 1.807) is 0 Å². The van der Waals surface area contributed by atoms with Crippen LogP contribution in [0.25, 0.3) is 0 Å². The molecule has 1 amide bonds. The zero-order valence-electron chi connectivity index (χ0n) is 10.3. The van der Waals surface area contributed by atoms with Crippen molar-refractivity contribution in [3.63, 3.8) is 0 Å². The number of hydrogen-bond donors (Lipinski definition) is 1. The molecule has 1 N–H and O–H groups in total. The summed E-state index contributed by atoms with van der Waals surface area (Å²) in [4.78, 5) is 13.7. The molecule has 4 atom stereocenters. The lowest BCUT2D eigenvalue weighted by molar-refractivity contribution is -0.125. The number of fused-ring (bicyclic) bond motifs is 3. The van der Waals surface area contributed by atoms with Crippen molar-refractivity contribution < 1.29 is 9.53 Å². The molecule has 0 aromatic heterocycles. The highest BCUT2D eigenvalue weighted by molar-refractivity contribution is 5.77.